The molecule has 2 amide bonds. The number of aliphatic hydroxyl groups excluding tert-OH is 1. The van der Waals surface area contributed by atoms with Crippen molar-refractivity contribution in [3.05, 3.63) is 97.1 Å². The molecule has 0 aliphatic carbocycles. The fraction of sp³-hybridized carbons (Fsp3) is 0.387. The highest BCUT2D eigenvalue weighted by atomic mass is 16.5. The zero-order valence-corrected chi connectivity index (χ0v) is 22.3. The highest BCUT2D eigenvalue weighted by Crippen LogP contribution is 2.16. The fourth-order valence-electron chi connectivity index (χ4n) is 4.13. The maximum Gasteiger partial charge on any atom is 0.309 e. The summed E-state index contributed by atoms with van der Waals surface area (Å²) in [5.41, 5.74) is 1.98. The summed E-state index contributed by atoms with van der Waals surface area (Å²) >= 11 is 0. The van der Waals surface area contributed by atoms with Crippen LogP contribution in [0.1, 0.15) is 37.3 Å². The normalized spacial score (nSPS) is 13.0. The standard InChI is InChI=1S/C31H40N2O5/c1-4-12-27(21-29(35)33(18-19-34)22-26-16-10-7-11-17-26)30(36)32-24(3)23-38-31(37)28(13-5-2)20-25-14-8-6-9-15-25/h4-11,14-17,24,27-28,34H,1-2,12-13,18-23H2,3H3,(H,32,36)/t24-,27-,28-/m0/s1. The van der Waals surface area contributed by atoms with E-state index in [0.717, 1.165) is 11.1 Å². The first-order chi connectivity index (χ1) is 18.4. The van der Waals surface area contributed by atoms with E-state index in [1.54, 1.807) is 24.0 Å². The molecule has 0 aromatic heterocycles. The third kappa shape index (κ3) is 10.7. The fourth-order valence-corrected chi connectivity index (χ4v) is 4.13. The monoisotopic (exact) mass is 520 g/mol. The Labute approximate surface area is 226 Å². The number of hydrogen-bond donors (Lipinski definition) is 2. The Kier molecular flexibility index (Phi) is 13.6. The van der Waals surface area contributed by atoms with Gasteiger partial charge in [0, 0.05) is 19.5 Å². The van der Waals surface area contributed by atoms with Crippen LogP contribution in [0.5, 0.6) is 0 Å². The maximum atomic E-state index is 13.0. The molecule has 7 heteroatoms. The molecule has 0 aliphatic rings. The van der Waals surface area contributed by atoms with Crippen molar-refractivity contribution < 1.29 is 24.2 Å². The van der Waals surface area contributed by atoms with Crippen molar-refractivity contribution in [1.82, 2.24) is 10.2 Å². The van der Waals surface area contributed by atoms with Gasteiger partial charge in [-0.15, -0.1) is 13.2 Å². The molecule has 204 valence electrons. The Bertz CT molecular complexity index is 1030. The van der Waals surface area contributed by atoms with E-state index >= 15 is 0 Å². The number of amides is 2. The van der Waals surface area contributed by atoms with E-state index in [4.69, 9.17) is 4.74 Å². The van der Waals surface area contributed by atoms with Gasteiger partial charge in [0.2, 0.25) is 11.8 Å². The van der Waals surface area contributed by atoms with Crippen LogP contribution in [0.15, 0.2) is 86.0 Å². The number of ether oxygens (including phenoxy) is 1. The zero-order valence-electron chi connectivity index (χ0n) is 22.3. The number of carbonyl (C=O) groups is 3. The van der Waals surface area contributed by atoms with Gasteiger partial charge in [-0.1, -0.05) is 72.8 Å². The summed E-state index contributed by atoms with van der Waals surface area (Å²) in [6.07, 6.45) is 4.65. The van der Waals surface area contributed by atoms with Crippen molar-refractivity contribution in [2.75, 3.05) is 19.8 Å². The summed E-state index contributed by atoms with van der Waals surface area (Å²) in [6.45, 7) is 9.61. The van der Waals surface area contributed by atoms with Gasteiger partial charge in [0.15, 0.2) is 0 Å². The second-order valence-electron chi connectivity index (χ2n) is 9.40. The first-order valence-corrected chi connectivity index (χ1v) is 13.0. The molecule has 0 heterocycles. The molecule has 2 rings (SSSR count). The van der Waals surface area contributed by atoms with E-state index in [1.807, 2.05) is 60.7 Å². The summed E-state index contributed by atoms with van der Waals surface area (Å²) in [5.74, 6) is -1.85. The zero-order chi connectivity index (χ0) is 27.8. The molecule has 2 aromatic carbocycles. The first-order valence-electron chi connectivity index (χ1n) is 13.0. The third-order valence-corrected chi connectivity index (χ3v) is 6.16. The average Bonchev–Trinajstić information content (AvgIpc) is 2.92. The van der Waals surface area contributed by atoms with Gasteiger partial charge in [-0.3, -0.25) is 14.4 Å². The molecule has 0 radical (unpaired) electrons. The SMILES string of the molecule is C=CC[C@@H](CC(=O)N(CCO)Cc1ccccc1)C(=O)N[C@@H](C)COC(=O)[C@@H](CC=C)Cc1ccccc1. The second kappa shape index (κ2) is 16.9. The van der Waals surface area contributed by atoms with Crippen LogP contribution in [0, 0.1) is 11.8 Å². The van der Waals surface area contributed by atoms with Crippen molar-refractivity contribution in [2.45, 2.75) is 45.2 Å². The predicted molar refractivity (Wildman–Crippen MR) is 149 cm³/mol. The molecule has 0 spiro atoms. The summed E-state index contributed by atoms with van der Waals surface area (Å²) in [7, 11) is 0. The topological polar surface area (TPSA) is 95.9 Å². The van der Waals surface area contributed by atoms with Crippen molar-refractivity contribution in [1.29, 1.82) is 0 Å². The molecule has 0 saturated carbocycles. The minimum Gasteiger partial charge on any atom is -0.463 e. The summed E-state index contributed by atoms with van der Waals surface area (Å²) < 4.78 is 5.52. The molecular weight excluding hydrogens is 480 g/mol. The summed E-state index contributed by atoms with van der Waals surface area (Å²) in [4.78, 5) is 40.3. The van der Waals surface area contributed by atoms with E-state index in [-0.39, 0.29) is 49.9 Å². The summed E-state index contributed by atoms with van der Waals surface area (Å²) in [5, 5.41) is 12.3. The minimum absolute atomic E-state index is 0.0182. The molecular formula is C31H40N2O5. The lowest BCUT2D eigenvalue weighted by molar-refractivity contribution is -0.149. The lowest BCUT2D eigenvalue weighted by atomic mass is 9.96. The lowest BCUT2D eigenvalue weighted by Crippen LogP contribution is -2.42. The highest BCUT2D eigenvalue weighted by Gasteiger charge is 2.26. The van der Waals surface area contributed by atoms with E-state index in [9.17, 15) is 19.5 Å². The summed E-state index contributed by atoms with van der Waals surface area (Å²) in [6, 6.07) is 18.8. The van der Waals surface area contributed by atoms with Crippen LogP contribution in [0.4, 0.5) is 0 Å². The molecule has 0 fully saturated rings. The van der Waals surface area contributed by atoms with E-state index in [2.05, 4.69) is 18.5 Å². The number of hydrogen-bond acceptors (Lipinski definition) is 5. The molecule has 7 nitrogen and oxygen atoms in total. The Morgan fingerprint density at radius 2 is 1.53 bits per heavy atom. The molecule has 0 unspecified atom stereocenters. The molecule has 0 saturated heterocycles. The van der Waals surface area contributed by atoms with Crippen molar-refractivity contribution in [3.8, 4) is 0 Å². The molecule has 2 aromatic rings. The van der Waals surface area contributed by atoms with Crippen LogP contribution < -0.4 is 5.32 Å². The molecule has 38 heavy (non-hydrogen) atoms. The van der Waals surface area contributed by atoms with Crippen LogP contribution in [0.3, 0.4) is 0 Å². The van der Waals surface area contributed by atoms with E-state index in [0.29, 0.717) is 25.8 Å². The van der Waals surface area contributed by atoms with Crippen molar-refractivity contribution in [2.24, 2.45) is 11.8 Å². The van der Waals surface area contributed by atoms with Crippen LogP contribution in [-0.4, -0.2) is 53.6 Å². The van der Waals surface area contributed by atoms with Gasteiger partial charge in [0.1, 0.15) is 6.61 Å². The van der Waals surface area contributed by atoms with Gasteiger partial charge in [0.05, 0.1) is 24.5 Å². The van der Waals surface area contributed by atoms with Crippen molar-refractivity contribution >= 4 is 17.8 Å². The molecule has 0 bridgehead atoms. The molecule has 3 atom stereocenters. The number of aliphatic hydroxyl groups is 1. The van der Waals surface area contributed by atoms with Crippen LogP contribution in [0.25, 0.3) is 0 Å². The van der Waals surface area contributed by atoms with Crippen LogP contribution in [-0.2, 0) is 32.1 Å². The molecule has 2 N–H and O–H groups in total. The van der Waals surface area contributed by atoms with Crippen LogP contribution in [0.2, 0.25) is 0 Å². The van der Waals surface area contributed by atoms with Gasteiger partial charge in [-0.2, -0.15) is 0 Å². The Hall–Kier alpha value is -3.71. The quantitative estimate of drug-likeness (QED) is 0.242. The number of rotatable bonds is 17. The second-order valence-corrected chi connectivity index (χ2v) is 9.40. The number of carbonyl (C=O) groups excluding carboxylic acids is 3. The van der Waals surface area contributed by atoms with Crippen LogP contribution >= 0.6 is 0 Å². The highest BCUT2D eigenvalue weighted by molar-refractivity contribution is 5.86. The smallest absolute Gasteiger partial charge is 0.309 e. The van der Waals surface area contributed by atoms with Gasteiger partial charge in [0.25, 0.3) is 0 Å². The Balaban J connectivity index is 1.92. The van der Waals surface area contributed by atoms with Gasteiger partial charge >= 0.3 is 5.97 Å². The van der Waals surface area contributed by atoms with Gasteiger partial charge < -0.3 is 20.1 Å². The predicted octanol–water partition coefficient (Wildman–Crippen LogP) is 4.07. The van der Waals surface area contributed by atoms with E-state index < -0.39 is 12.0 Å². The number of esters is 1. The van der Waals surface area contributed by atoms with Crippen molar-refractivity contribution in [3.63, 3.8) is 0 Å². The number of benzene rings is 2. The Morgan fingerprint density at radius 3 is 2.11 bits per heavy atom. The first kappa shape index (κ1) is 30.5. The third-order valence-electron chi connectivity index (χ3n) is 6.16. The largest absolute Gasteiger partial charge is 0.463 e. The van der Waals surface area contributed by atoms with Gasteiger partial charge in [-0.05, 0) is 37.3 Å². The van der Waals surface area contributed by atoms with Gasteiger partial charge in [-0.25, -0.2) is 0 Å². The lowest BCUT2D eigenvalue weighted by Gasteiger charge is -2.25. The molecule has 0 aliphatic heterocycles. The number of allylic oxidation sites excluding steroid dienone is 2. The maximum absolute atomic E-state index is 13.0. The van der Waals surface area contributed by atoms with E-state index in [1.165, 1.54) is 0 Å². The number of nitrogens with one attached hydrogen (secondary N) is 1. The number of nitrogens with zero attached hydrogens (tertiary/aromatic N) is 1. The average molecular weight is 521 g/mol. The minimum atomic E-state index is -0.623. The Morgan fingerprint density at radius 1 is 0.947 bits per heavy atom.